The van der Waals surface area contributed by atoms with Gasteiger partial charge >= 0.3 is 0 Å². The molecule has 1 amide bonds. The number of para-hydroxylation sites is 1. The lowest BCUT2D eigenvalue weighted by molar-refractivity contribution is -0.122. The Morgan fingerprint density at radius 2 is 2.12 bits per heavy atom. The van der Waals surface area contributed by atoms with Crippen molar-refractivity contribution in [1.29, 1.82) is 0 Å². The molecule has 0 radical (unpaired) electrons. The smallest absolute Gasteiger partial charge is 0.222 e. The predicted octanol–water partition coefficient (Wildman–Crippen LogP) is 2.58. The molecule has 0 aliphatic rings. The summed E-state index contributed by atoms with van der Waals surface area (Å²) >= 11 is 0. The van der Waals surface area contributed by atoms with Gasteiger partial charge in [-0.15, -0.1) is 0 Å². The van der Waals surface area contributed by atoms with Gasteiger partial charge in [0.1, 0.15) is 0 Å². The van der Waals surface area contributed by atoms with E-state index >= 15 is 0 Å². The average molecular weight is 340 g/mol. The number of carbonyl (C=O) groups is 1. The topological polar surface area (TPSA) is 61.1 Å². The van der Waals surface area contributed by atoms with E-state index in [1.165, 1.54) is 5.39 Å². The molecule has 1 atom stereocenters. The molecule has 6 heteroatoms. The molecule has 0 bridgehead atoms. The highest BCUT2D eigenvalue weighted by Crippen LogP contribution is 2.19. The molecule has 0 saturated heterocycles. The van der Waals surface area contributed by atoms with Crippen molar-refractivity contribution in [2.24, 2.45) is 7.05 Å². The lowest BCUT2D eigenvalue weighted by Gasteiger charge is -2.18. The summed E-state index contributed by atoms with van der Waals surface area (Å²) in [7, 11) is 3.49. The summed E-state index contributed by atoms with van der Waals surface area (Å²) < 4.78 is 9.19. The Hall–Kier alpha value is -2.60. The molecule has 1 N–H and O–H groups in total. The molecule has 3 rings (SSSR count). The van der Waals surface area contributed by atoms with E-state index in [0.717, 1.165) is 16.9 Å². The zero-order valence-corrected chi connectivity index (χ0v) is 14.9. The first-order valence-electron chi connectivity index (χ1n) is 8.41. The Bertz CT molecular complexity index is 865. The largest absolute Gasteiger partial charge is 0.382 e. The molecule has 2 heterocycles. The van der Waals surface area contributed by atoms with E-state index in [9.17, 15) is 4.79 Å². The highest BCUT2D eigenvalue weighted by molar-refractivity contribution is 5.81. The third-order valence-corrected chi connectivity index (χ3v) is 4.46. The molecule has 0 spiro atoms. The van der Waals surface area contributed by atoms with Crippen molar-refractivity contribution in [2.45, 2.75) is 25.9 Å². The van der Waals surface area contributed by atoms with Gasteiger partial charge < -0.3 is 14.6 Å². The second kappa shape index (κ2) is 7.53. The van der Waals surface area contributed by atoms with Gasteiger partial charge in [-0.3, -0.25) is 9.48 Å². The number of hydrogen-bond donors (Lipinski definition) is 1. The number of benzene rings is 1. The van der Waals surface area contributed by atoms with E-state index in [4.69, 9.17) is 4.74 Å². The maximum atomic E-state index is 12.5. The molecule has 1 aromatic carbocycles. The van der Waals surface area contributed by atoms with Gasteiger partial charge in [0.05, 0.1) is 18.3 Å². The van der Waals surface area contributed by atoms with Crippen LogP contribution < -0.4 is 5.32 Å². The van der Waals surface area contributed by atoms with Crippen molar-refractivity contribution >= 4 is 16.8 Å². The highest BCUT2D eigenvalue weighted by atomic mass is 16.5. The number of amides is 1. The minimum absolute atomic E-state index is 0.000399. The molecule has 0 unspecified atom stereocenters. The summed E-state index contributed by atoms with van der Waals surface area (Å²) in [6.45, 7) is 3.13. The van der Waals surface area contributed by atoms with Crippen molar-refractivity contribution in [2.75, 3.05) is 13.7 Å². The van der Waals surface area contributed by atoms with Gasteiger partial charge in [-0.1, -0.05) is 18.2 Å². The van der Waals surface area contributed by atoms with Crippen LogP contribution >= 0.6 is 0 Å². The van der Waals surface area contributed by atoms with E-state index in [2.05, 4.69) is 40.1 Å². The number of aryl methyl sites for hydroxylation is 3. The van der Waals surface area contributed by atoms with Crippen molar-refractivity contribution in [1.82, 2.24) is 19.7 Å². The molecule has 6 nitrogen and oxygen atoms in total. The average Bonchev–Trinajstić information content (AvgIpc) is 3.15. The van der Waals surface area contributed by atoms with E-state index in [1.54, 1.807) is 18.0 Å². The first-order valence-corrected chi connectivity index (χ1v) is 8.41. The van der Waals surface area contributed by atoms with Crippen LogP contribution in [0.5, 0.6) is 0 Å². The molecule has 0 aliphatic heterocycles. The van der Waals surface area contributed by atoms with Crippen molar-refractivity contribution in [3.05, 3.63) is 54.0 Å². The summed E-state index contributed by atoms with van der Waals surface area (Å²) in [5.74, 6) is 0.000399. The number of methoxy groups -OCH3 is 1. The minimum atomic E-state index is -0.201. The van der Waals surface area contributed by atoms with Crippen LogP contribution in [0.2, 0.25) is 0 Å². The monoisotopic (exact) mass is 340 g/mol. The lowest BCUT2D eigenvalue weighted by atomic mass is 10.2. The maximum absolute atomic E-state index is 12.5. The molecule has 2 aromatic heterocycles. The lowest BCUT2D eigenvalue weighted by Crippen LogP contribution is -2.33. The van der Waals surface area contributed by atoms with E-state index in [1.807, 2.05) is 25.2 Å². The van der Waals surface area contributed by atoms with Crippen LogP contribution in [0.25, 0.3) is 10.9 Å². The number of nitrogens with zero attached hydrogens (tertiary/aromatic N) is 3. The number of nitrogens with one attached hydrogen (secondary N) is 1. The Balaban J connectivity index is 1.67. The second-order valence-corrected chi connectivity index (χ2v) is 6.20. The van der Waals surface area contributed by atoms with Crippen LogP contribution in [-0.2, 0) is 23.1 Å². The first-order chi connectivity index (χ1) is 12.1. The molecule has 0 fully saturated rings. The van der Waals surface area contributed by atoms with Crippen molar-refractivity contribution in [3.63, 3.8) is 0 Å². The normalized spacial score (nSPS) is 12.4. The number of rotatable bonds is 7. The fourth-order valence-electron chi connectivity index (χ4n) is 3.22. The summed E-state index contributed by atoms with van der Waals surface area (Å²) in [6.07, 6.45) is 2.14. The van der Waals surface area contributed by atoms with Gasteiger partial charge in [-0.2, -0.15) is 5.10 Å². The van der Waals surface area contributed by atoms with Crippen molar-refractivity contribution in [3.8, 4) is 0 Å². The fourth-order valence-corrected chi connectivity index (χ4v) is 3.22. The van der Waals surface area contributed by atoms with Gasteiger partial charge in [0.25, 0.3) is 0 Å². The van der Waals surface area contributed by atoms with E-state index in [-0.39, 0.29) is 11.9 Å². The van der Waals surface area contributed by atoms with Gasteiger partial charge in [0, 0.05) is 44.5 Å². The van der Waals surface area contributed by atoms with Crippen LogP contribution in [0, 0.1) is 6.92 Å². The Morgan fingerprint density at radius 3 is 2.84 bits per heavy atom. The molecular formula is C19H24N4O2. The Labute approximate surface area is 147 Å². The summed E-state index contributed by atoms with van der Waals surface area (Å²) in [4.78, 5) is 12.5. The van der Waals surface area contributed by atoms with Gasteiger partial charge in [0.15, 0.2) is 0 Å². The summed E-state index contributed by atoms with van der Waals surface area (Å²) in [5.41, 5.74) is 3.25. The minimum Gasteiger partial charge on any atom is -0.382 e. The number of fused-ring (bicyclic) bond motifs is 1. The molecule has 25 heavy (non-hydrogen) atoms. The number of ether oxygens (including phenoxy) is 1. The summed E-state index contributed by atoms with van der Waals surface area (Å²) in [6, 6.07) is 12.1. The zero-order valence-electron chi connectivity index (χ0n) is 14.9. The molecule has 0 saturated carbocycles. The summed E-state index contributed by atoms with van der Waals surface area (Å²) in [5, 5.41) is 8.42. The third kappa shape index (κ3) is 3.74. The molecule has 0 aliphatic carbocycles. The van der Waals surface area contributed by atoms with Crippen LogP contribution in [0.1, 0.15) is 23.9 Å². The Morgan fingerprint density at radius 1 is 1.32 bits per heavy atom. The fraction of sp³-hybridized carbons (Fsp3) is 0.368. The molecule has 132 valence electrons. The van der Waals surface area contributed by atoms with Gasteiger partial charge in [-0.05, 0) is 30.5 Å². The van der Waals surface area contributed by atoms with E-state index < -0.39 is 0 Å². The number of carbonyl (C=O) groups excluding carboxylic acids is 1. The predicted molar refractivity (Wildman–Crippen MR) is 97.3 cm³/mol. The van der Waals surface area contributed by atoms with E-state index in [0.29, 0.717) is 19.6 Å². The quantitative estimate of drug-likeness (QED) is 0.719. The van der Waals surface area contributed by atoms with Crippen LogP contribution in [0.3, 0.4) is 0 Å². The molecule has 3 aromatic rings. The number of hydrogen-bond acceptors (Lipinski definition) is 3. The Kier molecular flexibility index (Phi) is 5.19. The van der Waals surface area contributed by atoms with Gasteiger partial charge in [0.2, 0.25) is 5.91 Å². The maximum Gasteiger partial charge on any atom is 0.222 e. The van der Waals surface area contributed by atoms with Gasteiger partial charge in [-0.25, -0.2) is 0 Å². The standard InChI is InChI=1S/C19H24N4O2/c1-14-12-15-6-4-5-7-17(15)23(14)11-9-19(24)21-16(13-25-3)18-8-10-20-22(18)2/h4-8,10,12,16H,9,11,13H2,1-3H3,(H,21,24)/t16-/m0/s1. The van der Waals surface area contributed by atoms with Crippen LogP contribution in [0.15, 0.2) is 42.6 Å². The number of aromatic nitrogens is 3. The van der Waals surface area contributed by atoms with Crippen LogP contribution in [-0.4, -0.2) is 34.0 Å². The SMILES string of the molecule is COC[C@H](NC(=O)CCn1c(C)cc2ccccc21)c1ccnn1C. The first kappa shape index (κ1) is 17.2. The highest BCUT2D eigenvalue weighted by Gasteiger charge is 2.18. The second-order valence-electron chi connectivity index (χ2n) is 6.20. The van der Waals surface area contributed by atoms with Crippen molar-refractivity contribution < 1.29 is 9.53 Å². The molecular weight excluding hydrogens is 316 g/mol. The third-order valence-electron chi connectivity index (χ3n) is 4.46. The zero-order chi connectivity index (χ0) is 17.8. The van der Waals surface area contributed by atoms with Crippen LogP contribution in [0.4, 0.5) is 0 Å².